The van der Waals surface area contributed by atoms with Crippen LogP contribution in [0.4, 0.5) is 0 Å². The Morgan fingerprint density at radius 1 is 0.955 bits per heavy atom. The molecule has 1 aromatic heterocycles. The van der Waals surface area contributed by atoms with Gasteiger partial charge in [-0.2, -0.15) is 0 Å². The molecule has 0 fully saturated rings. The van der Waals surface area contributed by atoms with Gasteiger partial charge in [0.1, 0.15) is 5.75 Å². The van der Waals surface area contributed by atoms with Crippen LogP contribution in [0.25, 0.3) is 11.3 Å². The third-order valence-corrected chi connectivity index (χ3v) is 5.14. The molecule has 1 heterocycles. The van der Waals surface area contributed by atoms with Gasteiger partial charge in [0.2, 0.25) is 0 Å². The molecule has 5 heteroatoms. The Hall–Kier alpha value is -2.53. The monoisotopic (exact) mass is 313 g/mol. The number of aryl methyl sites for hydroxylation is 1. The number of phenolic OH excluding ortho intramolecular Hbond substituents is 1. The van der Waals surface area contributed by atoms with Crippen LogP contribution in [-0.2, 0) is 10.0 Å². The highest BCUT2D eigenvalue weighted by atomic mass is 32.2. The average molecular weight is 313 g/mol. The molecule has 0 aliphatic rings. The molecule has 112 valence electrons. The molecule has 4 nitrogen and oxygen atoms in total. The summed E-state index contributed by atoms with van der Waals surface area (Å²) in [6.07, 6.45) is 1.51. The summed E-state index contributed by atoms with van der Waals surface area (Å²) in [4.78, 5) is 0.232. The van der Waals surface area contributed by atoms with Crippen molar-refractivity contribution in [3.8, 4) is 17.0 Å². The zero-order valence-electron chi connectivity index (χ0n) is 12.0. The van der Waals surface area contributed by atoms with E-state index in [1.807, 2.05) is 6.92 Å². The molecule has 0 spiro atoms. The van der Waals surface area contributed by atoms with E-state index in [-0.39, 0.29) is 10.6 Å². The molecule has 0 saturated carbocycles. The summed E-state index contributed by atoms with van der Waals surface area (Å²) >= 11 is 0. The lowest BCUT2D eigenvalue weighted by Crippen LogP contribution is -2.13. The van der Waals surface area contributed by atoms with Gasteiger partial charge >= 0.3 is 0 Å². The largest absolute Gasteiger partial charge is 0.508 e. The van der Waals surface area contributed by atoms with E-state index >= 15 is 0 Å². The fraction of sp³-hybridized carbons (Fsp3) is 0.0588. The van der Waals surface area contributed by atoms with Crippen LogP contribution in [0.5, 0.6) is 5.75 Å². The normalized spacial score (nSPS) is 11.5. The van der Waals surface area contributed by atoms with E-state index in [9.17, 15) is 13.5 Å². The van der Waals surface area contributed by atoms with E-state index in [0.29, 0.717) is 11.3 Å². The van der Waals surface area contributed by atoms with Crippen LogP contribution in [-0.4, -0.2) is 17.5 Å². The topological polar surface area (TPSA) is 59.3 Å². The van der Waals surface area contributed by atoms with Crippen molar-refractivity contribution in [2.24, 2.45) is 0 Å². The van der Waals surface area contributed by atoms with Crippen LogP contribution in [0.15, 0.2) is 71.8 Å². The van der Waals surface area contributed by atoms with Crippen LogP contribution in [0.3, 0.4) is 0 Å². The smallest absolute Gasteiger partial charge is 0.268 e. The first kappa shape index (κ1) is 14.4. The minimum absolute atomic E-state index is 0.0954. The van der Waals surface area contributed by atoms with E-state index < -0.39 is 10.0 Å². The van der Waals surface area contributed by atoms with Gasteiger partial charge in [-0.25, -0.2) is 12.4 Å². The maximum absolute atomic E-state index is 12.8. The molecule has 0 amide bonds. The SMILES string of the molecule is Cc1ccc(S(=O)(=O)n2cccc2-c2cccc(O)c2)cc1. The van der Waals surface area contributed by atoms with Crippen LogP contribution in [0.2, 0.25) is 0 Å². The van der Waals surface area contributed by atoms with Crippen molar-refractivity contribution >= 4 is 10.0 Å². The second kappa shape index (κ2) is 5.35. The van der Waals surface area contributed by atoms with Gasteiger partial charge in [-0.3, -0.25) is 0 Å². The Morgan fingerprint density at radius 2 is 1.68 bits per heavy atom. The predicted octanol–water partition coefficient (Wildman–Crippen LogP) is 3.41. The highest BCUT2D eigenvalue weighted by Crippen LogP contribution is 2.27. The van der Waals surface area contributed by atoms with Gasteiger partial charge in [-0.1, -0.05) is 29.8 Å². The summed E-state index contributed by atoms with van der Waals surface area (Å²) in [5.74, 6) is 0.0954. The maximum Gasteiger partial charge on any atom is 0.268 e. The van der Waals surface area contributed by atoms with Crippen molar-refractivity contribution in [1.29, 1.82) is 0 Å². The Balaban J connectivity index is 2.14. The molecule has 0 radical (unpaired) electrons. The van der Waals surface area contributed by atoms with Crippen molar-refractivity contribution in [3.63, 3.8) is 0 Å². The first-order valence-electron chi connectivity index (χ1n) is 6.77. The maximum atomic E-state index is 12.8. The van der Waals surface area contributed by atoms with Crippen molar-refractivity contribution < 1.29 is 13.5 Å². The number of rotatable bonds is 3. The van der Waals surface area contributed by atoms with Crippen LogP contribution >= 0.6 is 0 Å². The van der Waals surface area contributed by atoms with Crippen molar-refractivity contribution in [1.82, 2.24) is 3.97 Å². The van der Waals surface area contributed by atoms with Gasteiger partial charge in [-0.15, -0.1) is 0 Å². The standard InChI is InChI=1S/C17H15NO3S/c1-13-7-9-16(10-8-13)22(20,21)18-11-3-6-17(18)14-4-2-5-15(19)12-14/h2-12,19H,1H3. The second-order valence-electron chi connectivity index (χ2n) is 5.06. The lowest BCUT2D eigenvalue weighted by molar-refractivity contribution is 0.475. The van der Waals surface area contributed by atoms with Gasteiger partial charge in [0.25, 0.3) is 10.0 Å². The third-order valence-electron chi connectivity index (χ3n) is 3.43. The summed E-state index contributed by atoms with van der Waals surface area (Å²) in [5, 5.41) is 9.59. The van der Waals surface area contributed by atoms with Gasteiger partial charge in [-0.05, 0) is 43.3 Å². The Kier molecular flexibility index (Phi) is 3.50. The first-order chi connectivity index (χ1) is 10.5. The van der Waals surface area contributed by atoms with Crippen molar-refractivity contribution in [2.45, 2.75) is 11.8 Å². The highest BCUT2D eigenvalue weighted by molar-refractivity contribution is 7.90. The van der Waals surface area contributed by atoms with Gasteiger partial charge in [0.05, 0.1) is 10.6 Å². The van der Waals surface area contributed by atoms with Gasteiger partial charge in [0, 0.05) is 11.8 Å². The van der Waals surface area contributed by atoms with Crippen LogP contribution in [0.1, 0.15) is 5.56 Å². The first-order valence-corrected chi connectivity index (χ1v) is 8.21. The Labute approximate surface area is 129 Å². The molecule has 2 aromatic carbocycles. The molecule has 1 N–H and O–H groups in total. The fourth-order valence-electron chi connectivity index (χ4n) is 2.29. The summed E-state index contributed by atoms with van der Waals surface area (Å²) in [7, 11) is -3.67. The average Bonchev–Trinajstić information content (AvgIpc) is 2.98. The molecule has 0 bridgehead atoms. The zero-order valence-corrected chi connectivity index (χ0v) is 12.8. The number of benzene rings is 2. The molecule has 22 heavy (non-hydrogen) atoms. The van der Waals surface area contributed by atoms with E-state index in [1.54, 1.807) is 54.6 Å². The van der Waals surface area contributed by atoms with Gasteiger partial charge < -0.3 is 5.11 Å². The molecule has 0 saturated heterocycles. The Morgan fingerprint density at radius 3 is 2.36 bits per heavy atom. The molecule has 0 aliphatic heterocycles. The summed E-state index contributed by atoms with van der Waals surface area (Å²) in [6, 6.07) is 16.6. The molecule has 3 aromatic rings. The van der Waals surface area contributed by atoms with Crippen molar-refractivity contribution in [2.75, 3.05) is 0 Å². The highest BCUT2D eigenvalue weighted by Gasteiger charge is 2.19. The molecular formula is C17H15NO3S. The third kappa shape index (κ3) is 2.51. The minimum atomic E-state index is -3.67. The van der Waals surface area contributed by atoms with Crippen LogP contribution in [0, 0.1) is 6.92 Å². The molecule has 0 unspecified atom stereocenters. The number of phenols is 1. The number of nitrogens with zero attached hydrogens (tertiary/aromatic N) is 1. The number of aromatic hydroxyl groups is 1. The number of hydrogen-bond donors (Lipinski definition) is 1. The second-order valence-corrected chi connectivity index (χ2v) is 6.87. The predicted molar refractivity (Wildman–Crippen MR) is 85.3 cm³/mol. The van der Waals surface area contributed by atoms with E-state index in [0.717, 1.165) is 5.56 Å². The summed E-state index contributed by atoms with van der Waals surface area (Å²) in [6.45, 7) is 1.91. The lowest BCUT2D eigenvalue weighted by atomic mass is 10.1. The van der Waals surface area contributed by atoms with Crippen LogP contribution < -0.4 is 0 Å². The quantitative estimate of drug-likeness (QED) is 0.806. The van der Waals surface area contributed by atoms with Gasteiger partial charge in [0.15, 0.2) is 0 Å². The minimum Gasteiger partial charge on any atom is -0.508 e. The van der Waals surface area contributed by atoms with E-state index in [4.69, 9.17) is 0 Å². The summed E-state index contributed by atoms with van der Waals surface area (Å²) in [5.41, 5.74) is 2.15. The molecule has 0 aliphatic carbocycles. The Bertz CT molecular complexity index is 909. The van der Waals surface area contributed by atoms with E-state index in [1.165, 1.54) is 16.2 Å². The molecular weight excluding hydrogens is 298 g/mol. The lowest BCUT2D eigenvalue weighted by Gasteiger charge is -2.11. The molecule has 0 atom stereocenters. The number of aromatic nitrogens is 1. The van der Waals surface area contributed by atoms with Crippen molar-refractivity contribution in [3.05, 3.63) is 72.4 Å². The number of hydrogen-bond acceptors (Lipinski definition) is 3. The van der Waals surface area contributed by atoms with E-state index in [2.05, 4.69) is 0 Å². The summed E-state index contributed by atoms with van der Waals surface area (Å²) < 4.78 is 26.8. The molecule has 3 rings (SSSR count). The zero-order chi connectivity index (χ0) is 15.7. The fourth-order valence-corrected chi connectivity index (χ4v) is 3.65.